The third kappa shape index (κ3) is 10.1. The number of benzene rings is 2. The molecule has 2 aromatic carbocycles. The van der Waals surface area contributed by atoms with Gasteiger partial charge < -0.3 is 39.4 Å². The lowest BCUT2D eigenvalue weighted by Crippen LogP contribution is -2.48. The smallest absolute Gasteiger partial charge is 0.343 e. The zero-order chi connectivity index (χ0) is 51.0. The lowest BCUT2D eigenvalue weighted by atomic mass is 9.86. The van der Waals surface area contributed by atoms with Gasteiger partial charge in [-0.15, -0.1) is 10.2 Å². The average molecular weight is 1010 g/mol. The summed E-state index contributed by atoms with van der Waals surface area (Å²) in [4.78, 5) is 64.0. The van der Waals surface area contributed by atoms with Crippen LogP contribution in [0.15, 0.2) is 53.3 Å². The number of hydrogen-bond acceptors (Lipinski definition) is 14. The fraction of sp³-hybridized carbons (Fsp3) is 0.491. The van der Waals surface area contributed by atoms with Gasteiger partial charge in [0, 0.05) is 85.9 Å². The maximum absolute atomic E-state index is 13.7. The van der Waals surface area contributed by atoms with Crippen LogP contribution in [0.5, 0.6) is 11.5 Å². The number of rotatable bonds is 14. The molecule has 0 spiro atoms. The first kappa shape index (κ1) is 49.9. The topological polar surface area (TPSA) is 216 Å². The number of amides is 2. The number of nitriles is 1. The van der Waals surface area contributed by atoms with E-state index in [1.807, 2.05) is 24.0 Å². The number of halogens is 1. The molecule has 17 nitrogen and oxygen atoms in total. The minimum Gasteiger partial charge on any atom is -0.508 e. The molecule has 1 aliphatic carbocycles. The molecule has 4 aliphatic heterocycles. The minimum absolute atomic E-state index is 0.0123. The fourth-order valence-corrected chi connectivity index (χ4v) is 11.6. The highest BCUT2D eigenvalue weighted by Gasteiger charge is 2.45. The molecule has 3 aromatic heterocycles. The predicted octanol–water partition coefficient (Wildman–Crippen LogP) is 7.04. The van der Waals surface area contributed by atoms with E-state index >= 15 is 0 Å². The molecule has 382 valence electrons. The van der Waals surface area contributed by atoms with Gasteiger partial charge >= 0.3 is 5.97 Å². The number of hydrogen-bond donors (Lipinski definition) is 3. The summed E-state index contributed by atoms with van der Waals surface area (Å²) in [6, 6.07) is 16.3. The summed E-state index contributed by atoms with van der Waals surface area (Å²) in [5.74, 6) is 1.46. The predicted molar refractivity (Wildman–Crippen MR) is 273 cm³/mol. The van der Waals surface area contributed by atoms with E-state index in [2.05, 4.69) is 31.4 Å². The highest BCUT2D eigenvalue weighted by molar-refractivity contribution is 6.32. The molecule has 0 unspecified atom stereocenters. The largest absolute Gasteiger partial charge is 0.508 e. The van der Waals surface area contributed by atoms with Crippen LogP contribution < -0.4 is 20.5 Å². The number of aromatic hydroxyl groups is 1. The number of piperazine rings is 1. The molecule has 1 atom stereocenters. The zero-order valence-electron chi connectivity index (χ0n) is 41.5. The first-order valence-electron chi connectivity index (χ1n) is 25.9. The zero-order valence-corrected chi connectivity index (χ0v) is 42.3. The van der Waals surface area contributed by atoms with Crippen molar-refractivity contribution in [2.75, 3.05) is 44.2 Å². The van der Waals surface area contributed by atoms with Crippen molar-refractivity contribution in [1.82, 2.24) is 34.9 Å². The highest BCUT2D eigenvalue weighted by atomic mass is 35.5. The van der Waals surface area contributed by atoms with Gasteiger partial charge in [-0.1, -0.05) is 37.8 Å². The molecule has 0 radical (unpaired) electrons. The Balaban J connectivity index is 0.624. The number of carbonyl (C=O) groups is 3. The van der Waals surface area contributed by atoms with Crippen molar-refractivity contribution in [3.05, 3.63) is 103 Å². The fourth-order valence-electron chi connectivity index (χ4n) is 11.4. The summed E-state index contributed by atoms with van der Waals surface area (Å²) >= 11 is 6.33. The van der Waals surface area contributed by atoms with Crippen LogP contribution in [0.25, 0.3) is 22.3 Å². The Bertz CT molecular complexity index is 3040. The molecule has 5 aliphatic rings. The van der Waals surface area contributed by atoms with E-state index in [1.54, 1.807) is 47.9 Å². The van der Waals surface area contributed by atoms with Crippen LogP contribution in [0.2, 0.25) is 5.02 Å². The second-order valence-electron chi connectivity index (χ2n) is 20.4. The number of nitrogens with zero attached hydrogens (tertiary/aromatic N) is 8. The number of carbonyl (C=O) groups excluding carboxylic acids is 3. The number of piperidine rings is 1. The van der Waals surface area contributed by atoms with E-state index in [0.29, 0.717) is 84.0 Å². The van der Waals surface area contributed by atoms with Crippen molar-refractivity contribution in [3.63, 3.8) is 0 Å². The van der Waals surface area contributed by atoms with Gasteiger partial charge in [0.05, 0.1) is 45.7 Å². The maximum Gasteiger partial charge on any atom is 0.343 e. The number of fused-ring (bicyclic) bond motifs is 5. The molecule has 5 aromatic rings. The molecule has 7 heterocycles. The standard InChI is InChI=1S/C55H62ClN9O8/c1-3-55(71)42-28-45-51-36(30-65(45)53(69)41(42)32-72-54(55)70)27-39-40(46(66)16-14-43(39)59-51)31-62-23-25-64(26-24-62)49(67)8-6-4-5-7-34-19-21-63(22-20-34)48-18-15-44(60-61-48)52(68)58-37-10-12-38(13-11-37)73-47-17-9-35(29-57)50(56)33(47)2/h9,14-18,27-28,34,37-38,66,71H,3-8,10-13,19-26,30-32H2,1-2H3,(H,58,68)/t37?,38?,55-/m0/s1. The van der Waals surface area contributed by atoms with Crippen LogP contribution in [0.4, 0.5) is 5.82 Å². The molecular formula is C55H62ClN9O8. The van der Waals surface area contributed by atoms with Gasteiger partial charge in [-0.2, -0.15) is 5.26 Å². The summed E-state index contributed by atoms with van der Waals surface area (Å²) in [5.41, 5.74) is 3.19. The lowest BCUT2D eigenvalue weighted by Gasteiger charge is -2.35. The molecule has 0 bridgehead atoms. The van der Waals surface area contributed by atoms with Crippen LogP contribution in [0, 0.1) is 24.2 Å². The second kappa shape index (κ2) is 21.1. The number of nitrogens with one attached hydrogen (secondary N) is 1. The Morgan fingerprint density at radius 1 is 0.959 bits per heavy atom. The summed E-state index contributed by atoms with van der Waals surface area (Å²) in [7, 11) is 0. The molecule has 18 heteroatoms. The minimum atomic E-state index is -1.90. The summed E-state index contributed by atoms with van der Waals surface area (Å²) in [6.45, 7) is 8.46. The van der Waals surface area contributed by atoms with E-state index in [-0.39, 0.29) is 66.0 Å². The number of anilines is 1. The molecular weight excluding hydrogens is 950 g/mol. The highest BCUT2D eigenvalue weighted by Crippen LogP contribution is 2.40. The third-order valence-corrected chi connectivity index (χ3v) is 16.5. The van der Waals surface area contributed by atoms with Crippen molar-refractivity contribution in [3.8, 4) is 29.0 Å². The SMILES string of the molecule is CC[C@@]1(O)C(=O)OCc2c1cc1n(c2=O)Cc2cc3c(CN4CCN(C(=O)CCCCCC5CCN(c6ccc(C(=O)NC7CCC(Oc8ccc(C#N)c(Cl)c8C)CC7)nn6)CC5)CC4)c(O)ccc3nc2-1. The van der Waals surface area contributed by atoms with Gasteiger partial charge in [0.2, 0.25) is 5.91 Å². The monoisotopic (exact) mass is 1010 g/mol. The number of aromatic nitrogens is 4. The molecule has 3 fully saturated rings. The van der Waals surface area contributed by atoms with E-state index in [4.69, 9.17) is 26.1 Å². The van der Waals surface area contributed by atoms with Gasteiger partial charge in [-0.3, -0.25) is 19.3 Å². The van der Waals surface area contributed by atoms with Gasteiger partial charge in [-0.05, 0) is 113 Å². The first-order chi connectivity index (χ1) is 35.3. The Morgan fingerprint density at radius 3 is 2.47 bits per heavy atom. The number of esters is 1. The summed E-state index contributed by atoms with van der Waals surface area (Å²) in [5, 5.41) is 44.7. The number of unbranched alkanes of at least 4 members (excludes halogenated alkanes) is 2. The van der Waals surface area contributed by atoms with E-state index in [9.17, 15) is 34.7 Å². The Labute approximate surface area is 429 Å². The average Bonchev–Trinajstić information content (AvgIpc) is 3.77. The molecule has 10 rings (SSSR count). The molecule has 1 saturated carbocycles. The number of pyridine rings is 2. The number of phenols is 1. The molecule has 2 saturated heterocycles. The second-order valence-corrected chi connectivity index (χ2v) is 20.8. The van der Waals surface area contributed by atoms with Crippen LogP contribution in [0.1, 0.15) is 128 Å². The van der Waals surface area contributed by atoms with E-state index in [1.165, 1.54) is 0 Å². The Kier molecular flexibility index (Phi) is 14.4. The first-order valence-corrected chi connectivity index (χ1v) is 26.3. The van der Waals surface area contributed by atoms with Gasteiger partial charge in [0.25, 0.3) is 11.5 Å². The van der Waals surface area contributed by atoms with E-state index < -0.39 is 11.6 Å². The van der Waals surface area contributed by atoms with Crippen LogP contribution in [0.3, 0.4) is 0 Å². The van der Waals surface area contributed by atoms with Crippen molar-refractivity contribution in [1.29, 1.82) is 5.26 Å². The molecule has 3 N–H and O–H groups in total. The van der Waals surface area contributed by atoms with Crippen LogP contribution in [-0.2, 0) is 39.6 Å². The van der Waals surface area contributed by atoms with Crippen molar-refractivity contribution in [2.24, 2.45) is 5.92 Å². The molecule has 2 amide bonds. The van der Waals surface area contributed by atoms with Gasteiger partial charge in [0.15, 0.2) is 17.1 Å². The lowest BCUT2D eigenvalue weighted by molar-refractivity contribution is -0.172. The third-order valence-electron chi connectivity index (χ3n) is 16.0. The normalized spacial score (nSPS) is 21.0. The number of aliphatic hydroxyl groups is 1. The number of phenolic OH excluding ortho intramolecular Hbond substituents is 1. The van der Waals surface area contributed by atoms with Crippen LogP contribution >= 0.6 is 11.6 Å². The van der Waals surface area contributed by atoms with Crippen molar-refractivity contribution in [2.45, 2.75) is 128 Å². The number of cyclic esters (lactones) is 1. The quantitative estimate of drug-likeness (QED) is 0.0737. The summed E-state index contributed by atoms with van der Waals surface area (Å²) in [6.07, 6.45) is 10.00. The van der Waals surface area contributed by atoms with Crippen molar-refractivity contribution < 1.29 is 34.1 Å². The van der Waals surface area contributed by atoms with Crippen molar-refractivity contribution >= 4 is 46.1 Å². The van der Waals surface area contributed by atoms with Gasteiger partial charge in [0.1, 0.15) is 24.2 Å². The van der Waals surface area contributed by atoms with Gasteiger partial charge in [-0.25, -0.2) is 9.78 Å². The number of ether oxygens (including phenoxy) is 2. The Morgan fingerprint density at radius 2 is 1.74 bits per heavy atom. The maximum atomic E-state index is 13.7. The van der Waals surface area contributed by atoms with E-state index in [0.717, 1.165) is 105 Å². The van der Waals surface area contributed by atoms with Crippen LogP contribution in [-0.4, -0.2) is 109 Å². The summed E-state index contributed by atoms with van der Waals surface area (Å²) < 4.78 is 13.0. The Hall–Kier alpha value is -6.61. The molecule has 73 heavy (non-hydrogen) atoms.